The monoisotopic (exact) mass is 437 g/mol. The van der Waals surface area contributed by atoms with Crippen molar-refractivity contribution in [2.45, 2.75) is 39.1 Å². The predicted molar refractivity (Wildman–Crippen MR) is 109 cm³/mol. The molecule has 0 atom stereocenters. The highest BCUT2D eigenvalue weighted by Crippen LogP contribution is 2.17. The van der Waals surface area contributed by atoms with Crippen molar-refractivity contribution in [1.29, 1.82) is 0 Å². The third-order valence-corrected chi connectivity index (χ3v) is 3.71. The zero-order valence-electron chi connectivity index (χ0n) is 17.1. The van der Waals surface area contributed by atoms with Gasteiger partial charge in [0.1, 0.15) is 5.60 Å². The molecule has 2 aromatic carbocycles. The zero-order chi connectivity index (χ0) is 23.2. The molecule has 31 heavy (non-hydrogen) atoms. The summed E-state index contributed by atoms with van der Waals surface area (Å²) < 4.78 is 41.7. The number of nitrogens with one attached hydrogen (secondary N) is 3. The maximum Gasteiger partial charge on any atom is 0.471 e. The van der Waals surface area contributed by atoms with Gasteiger partial charge in [-0.05, 0) is 62.7 Å². The minimum absolute atomic E-state index is 0.279. The first kappa shape index (κ1) is 23.7. The summed E-state index contributed by atoms with van der Waals surface area (Å²) in [4.78, 5) is 34.9. The number of anilines is 2. The van der Waals surface area contributed by atoms with Crippen LogP contribution < -0.4 is 16.0 Å². The Morgan fingerprint density at radius 2 is 1.35 bits per heavy atom. The van der Waals surface area contributed by atoms with Crippen LogP contribution >= 0.6 is 0 Å². The normalized spacial score (nSPS) is 11.4. The average Bonchev–Trinajstić information content (AvgIpc) is 2.65. The van der Waals surface area contributed by atoms with Gasteiger partial charge in [0.2, 0.25) is 0 Å². The number of carbonyl (C=O) groups excluding carboxylic acids is 3. The van der Waals surface area contributed by atoms with Gasteiger partial charge in [0.15, 0.2) is 0 Å². The van der Waals surface area contributed by atoms with E-state index in [4.69, 9.17) is 4.74 Å². The van der Waals surface area contributed by atoms with E-state index >= 15 is 0 Å². The molecule has 0 bridgehead atoms. The molecular formula is C21H22F3N3O4. The standard InChI is InChI=1S/C21H22F3N3O4/c1-20(2,3)31-19(30)27-16-10-8-15(9-11-16)26-17(28)14-6-4-13(5-7-14)12-25-18(29)21(22,23)24/h4-11H,12H2,1-3H3,(H,25,29)(H,26,28)(H,27,30). The first-order chi connectivity index (χ1) is 14.3. The Labute approximate surface area is 177 Å². The molecule has 0 saturated carbocycles. The molecule has 0 radical (unpaired) electrons. The van der Waals surface area contributed by atoms with Crippen molar-refractivity contribution in [2.24, 2.45) is 0 Å². The molecule has 3 amide bonds. The summed E-state index contributed by atoms with van der Waals surface area (Å²) in [5.74, 6) is -2.46. The fourth-order valence-corrected chi connectivity index (χ4v) is 2.32. The minimum atomic E-state index is -4.95. The number of rotatable bonds is 5. The summed E-state index contributed by atoms with van der Waals surface area (Å²) in [5.41, 5.74) is 1.02. The molecule has 2 rings (SSSR count). The third kappa shape index (κ3) is 8.00. The van der Waals surface area contributed by atoms with Gasteiger partial charge in [0.25, 0.3) is 5.91 Å². The summed E-state index contributed by atoms with van der Waals surface area (Å²) in [5, 5.41) is 6.99. The average molecular weight is 437 g/mol. The van der Waals surface area contributed by atoms with Gasteiger partial charge in [-0.2, -0.15) is 13.2 Å². The van der Waals surface area contributed by atoms with Crippen LogP contribution in [0.25, 0.3) is 0 Å². The predicted octanol–water partition coefficient (Wildman–Crippen LogP) is 4.46. The van der Waals surface area contributed by atoms with Crippen LogP contribution in [-0.4, -0.2) is 29.7 Å². The van der Waals surface area contributed by atoms with Gasteiger partial charge < -0.3 is 15.4 Å². The molecule has 166 valence electrons. The van der Waals surface area contributed by atoms with E-state index in [2.05, 4.69) is 10.6 Å². The van der Waals surface area contributed by atoms with Gasteiger partial charge in [-0.3, -0.25) is 14.9 Å². The largest absolute Gasteiger partial charge is 0.471 e. The molecule has 10 heteroatoms. The number of alkyl halides is 3. The number of ether oxygens (including phenoxy) is 1. The van der Waals surface area contributed by atoms with Gasteiger partial charge >= 0.3 is 18.2 Å². The van der Waals surface area contributed by atoms with E-state index in [9.17, 15) is 27.6 Å². The van der Waals surface area contributed by atoms with E-state index in [-0.39, 0.29) is 12.1 Å². The van der Waals surface area contributed by atoms with Crippen LogP contribution in [0.2, 0.25) is 0 Å². The smallest absolute Gasteiger partial charge is 0.444 e. The minimum Gasteiger partial charge on any atom is -0.444 e. The molecule has 0 heterocycles. The fraction of sp³-hybridized carbons (Fsp3) is 0.286. The lowest BCUT2D eigenvalue weighted by molar-refractivity contribution is -0.173. The van der Waals surface area contributed by atoms with Crippen LogP contribution in [0.4, 0.5) is 29.3 Å². The van der Waals surface area contributed by atoms with Crippen molar-refractivity contribution >= 4 is 29.3 Å². The Morgan fingerprint density at radius 1 is 0.839 bits per heavy atom. The molecule has 0 aliphatic rings. The highest BCUT2D eigenvalue weighted by Gasteiger charge is 2.38. The first-order valence-corrected chi connectivity index (χ1v) is 9.19. The lowest BCUT2D eigenvalue weighted by Gasteiger charge is -2.19. The van der Waals surface area contributed by atoms with Crippen molar-refractivity contribution < 1.29 is 32.3 Å². The lowest BCUT2D eigenvalue weighted by atomic mass is 10.1. The number of hydrogen-bond donors (Lipinski definition) is 3. The molecule has 0 unspecified atom stereocenters. The van der Waals surface area contributed by atoms with E-state index in [1.165, 1.54) is 24.3 Å². The maximum absolute atomic E-state index is 12.3. The van der Waals surface area contributed by atoms with Crippen molar-refractivity contribution in [1.82, 2.24) is 5.32 Å². The van der Waals surface area contributed by atoms with Crippen molar-refractivity contribution in [3.63, 3.8) is 0 Å². The van der Waals surface area contributed by atoms with Crippen LogP contribution in [0, 0.1) is 0 Å². The second-order valence-corrected chi connectivity index (χ2v) is 7.54. The second-order valence-electron chi connectivity index (χ2n) is 7.54. The summed E-state index contributed by atoms with van der Waals surface area (Å²) in [6.07, 6.45) is -5.55. The Hall–Kier alpha value is -3.56. The second kappa shape index (κ2) is 9.50. The molecule has 0 aliphatic heterocycles. The fourth-order valence-electron chi connectivity index (χ4n) is 2.32. The van der Waals surface area contributed by atoms with Crippen molar-refractivity contribution in [3.05, 3.63) is 59.7 Å². The highest BCUT2D eigenvalue weighted by molar-refractivity contribution is 6.04. The van der Waals surface area contributed by atoms with E-state index in [1.807, 2.05) is 0 Å². The maximum atomic E-state index is 12.3. The Kier molecular flexibility index (Phi) is 7.27. The van der Waals surface area contributed by atoms with E-state index in [0.29, 0.717) is 16.9 Å². The molecule has 2 aromatic rings. The molecule has 3 N–H and O–H groups in total. The van der Waals surface area contributed by atoms with E-state index in [1.54, 1.807) is 50.4 Å². The van der Waals surface area contributed by atoms with E-state index < -0.39 is 29.7 Å². The van der Waals surface area contributed by atoms with Gasteiger partial charge in [0.05, 0.1) is 0 Å². The molecule has 7 nitrogen and oxygen atoms in total. The van der Waals surface area contributed by atoms with Gasteiger partial charge in [0, 0.05) is 23.5 Å². The first-order valence-electron chi connectivity index (χ1n) is 9.19. The van der Waals surface area contributed by atoms with E-state index in [0.717, 1.165) is 0 Å². The Morgan fingerprint density at radius 3 is 1.84 bits per heavy atom. The molecule has 0 spiro atoms. The Balaban J connectivity index is 1.90. The molecule has 0 saturated heterocycles. The number of benzene rings is 2. The molecule has 0 aromatic heterocycles. The zero-order valence-corrected chi connectivity index (χ0v) is 17.1. The summed E-state index contributed by atoms with van der Waals surface area (Å²) in [6, 6.07) is 12.1. The molecule has 0 fully saturated rings. The summed E-state index contributed by atoms with van der Waals surface area (Å²) in [6.45, 7) is 4.93. The van der Waals surface area contributed by atoms with Gasteiger partial charge in [-0.25, -0.2) is 4.79 Å². The number of halogens is 3. The van der Waals surface area contributed by atoms with Crippen LogP contribution in [0.15, 0.2) is 48.5 Å². The quantitative estimate of drug-likeness (QED) is 0.643. The van der Waals surface area contributed by atoms with Crippen LogP contribution in [0.3, 0.4) is 0 Å². The van der Waals surface area contributed by atoms with Gasteiger partial charge in [-0.1, -0.05) is 12.1 Å². The third-order valence-electron chi connectivity index (χ3n) is 3.71. The number of carbonyl (C=O) groups is 3. The topological polar surface area (TPSA) is 96.5 Å². The summed E-state index contributed by atoms with van der Waals surface area (Å²) >= 11 is 0. The number of amides is 3. The van der Waals surface area contributed by atoms with Crippen LogP contribution in [-0.2, 0) is 16.1 Å². The lowest BCUT2D eigenvalue weighted by Crippen LogP contribution is -2.36. The SMILES string of the molecule is CC(C)(C)OC(=O)Nc1ccc(NC(=O)c2ccc(CNC(=O)C(F)(F)F)cc2)cc1. The molecular weight excluding hydrogens is 415 g/mol. The highest BCUT2D eigenvalue weighted by atomic mass is 19.4. The van der Waals surface area contributed by atoms with Crippen LogP contribution in [0.5, 0.6) is 0 Å². The van der Waals surface area contributed by atoms with Gasteiger partial charge in [-0.15, -0.1) is 0 Å². The summed E-state index contributed by atoms with van der Waals surface area (Å²) in [7, 11) is 0. The Bertz CT molecular complexity index is 934. The van der Waals surface area contributed by atoms with Crippen molar-refractivity contribution in [3.8, 4) is 0 Å². The molecule has 0 aliphatic carbocycles. The number of hydrogen-bond acceptors (Lipinski definition) is 4. The van der Waals surface area contributed by atoms with Crippen LogP contribution in [0.1, 0.15) is 36.7 Å². The van der Waals surface area contributed by atoms with Crippen molar-refractivity contribution in [2.75, 3.05) is 10.6 Å².